The molecule has 0 spiro atoms. The van der Waals surface area contributed by atoms with Gasteiger partial charge in [-0.15, -0.1) is 0 Å². The first kappa shape index (κ1) is 17.2. The minimum Gasteiger partial charge on any atom is -0.349 e. The molecular formula is C18H26BrN2O+. The van der Waals surface area contributed by atoms with E-state index in [2.05, 4.69) is 47.2 Å². The van der Waals surface area contributed by atoms with E-state index in [4.69, 9.17) is 0 Å². The number of rotatable bonds is 5. The summed E-state index contributed by atoms with van der Waals surface area (Å²) >= 11 is 3.53. The minimum atomic E-state index is 0.0106. The third kappa shape index (κ3) is 5.25. The van der Waals surface area contributed by atoms with Crippen molar-refractivity contribution in [3.05, 3.63) is 39.9 Å². The highest BCUT2D eigenvalue weighted by molar-refractivity contribution is 9.10. The van der Waals surface area contributed by atoms with Crippen LogP contribution in [0.3, 0.4) is 0 Å². The molecule has 0 unspecified atom stereocenters. The second kappa shape index (κ2) is 8.49. The molecule has 1 fully saturated rings. The number of carbonyl (C=O) groups is 1. The average molecular weight is 366 g/mol. The van der Waals surface area contributed by atoms with E-state index >= 15 is 0 Å². The smallest absolute Gasteiger partial charge is 0.244 e. The average Bonchev–Trinajstić information content (AvgIpc) is 2.49. The molecule has 0 saturated carbocycles. The van der Waals surface area contributed by atoms with Crippen LogP contribution in [0.25, 0.3) is 6.08 Å². The van der Waals surface area contributed by atoms with E-state index < -0.39 is 0 Å². The number of aryl methyl sites for hydroxylation is 1. The molecule has 1 aliphatic heterocycles. The Hall–Kier alpha value is -1.13. The fourth-order valence-electron chi connectivity index (χ4n) is 2.96. The highest BCUT2D eigenvalue weighted by Crippen LogP contribution is 2.19. The summed E-state index contributed by atoms with van der Waals surface area (Å²) in [6, 6.07) is 6.47. The number of hydrogen-bond donors (Lipinski definition) is 2. The monoisotopic (exact) mass is 365 g/mol. The topological polar surface area (TPSA) is 33.5 Å². The first-order chi connectivity index (χ1) is 10.6. The lowest BCUT2D eigenvalue weighted by Gasteiger charge is -2.29. The molecule has 1 saturated heterocycles. The summed E-state index contributed by atoms with van der Waals surface area (Å²) in [6.07, 6.45) is 6.92. The predicted molar refractivity (Wildman–Crippen MR) is 94.9 cm³/mol. The molecule has 2 N–H and O–H groups in total. The van der Waals surface area contributed by atoms with Crippen LogP contribution >= 0.6 is 15.9 Å². The van der Waals surface area contributed by atoms with Gasteiger partial charge in [-0.2, -0.15) is 0 Å². The molecule has 4 heteroatoms. The van der Waals surface area contributed by atoms with E-state index in [0.29, 0.717) is 6.04 Å². The van der Waals surface area contributed by atoms with E-state index in [0.717, 1.165) is 22.9 Å². The molecular weight excluding hydrogens is 340 g/mol. The number of halogens is 1. The van der Waals surface area contributed by atoms with Gasteiger partial charge in [0.15, 0.2) is 0 Å². The number of quaternary nitrogens is 1. The van der Waals surface area contributed by atoms with Crippen LogP contribution in [0.2, 0.25) is 0 Å². The van der Waals surface area contributed by atoms with Crippen LogP contribution in [0.1, 0.15) is 37.3 Å². The van der Waals surface area contributed by atoms with Crippen molar-refractivity contribution in [3.8, 4) is 0 Å². The Morgan fingerprint density at radius 1 is 1.41 bits per heavy atom. The predicted octanol–water partition coefficient (Wildman–Crippen LogP) is 2.34. The Bertz CT molecular complexity index is 534. The zero-order valence-corrected chi connectivity index (χ0v) is 15.1. The summed E-state index contributed by atoms with van der Waals surface area (Å²) in [5, 5.41) is 3.13. The Morgan fingerprint density at radius 2 is 2.14 bits per heavy atom. The number of carbonyl (C=O) groups excluding carboxylic acids is 1. The van der Waals surface area contributed by atoms with E-state index in [1.807, 2.05) is 12.1 Å². The Balaban J connectivity index is 1.82. The zero-order valence-electron chi connectivity index (χ0n) is 13.5. The number of nitrogens with one attached hydrogen (secondary N) is 2. The SMILES string of the molecule is CCC[NH+]1CCC(NC(=O)/C=C/c2ccc(C)cc2Br)CC1. The second-order valence-corrected chi connectivity index (χ2v) is 7.00. The number of benzene rings is 1. The second-order valence-electron chi connectivity index (χ2n) is 6.14. The molecule has 1 aromatic rings. The third-order valence-corrected chi connectivity index (χ3v) is 4.90. The summed E-state index contributed by atoms with van der Waals surface area (Å²) in [6.45, 7) is 7.88. The van der Waals surface area contributed by atoms with Gasteiger partial charge in [0.25, 0.3) is 0 Å². The molecule has 1 aromatic carbocycles. The highest BCUT2D eigenvalue weighted by atomic mass is 79.9. The van der Waals surface area contributed by atoms with Gasteiger partial charge in [-0.1, -0.05) is 35.0 Å². The minimum absolute atomic E-state index is 0.0106. The van der Waals surface area contributed by atoms with Crippen molar-refractivity contribution in [3.63, 3.8) is 0 Å². The number of piperidine rings is 1. The normalized spacial score (nSPS) is 22.0. The maximum absolute atomic E-state index is 12.1. The van der Waals surface area contributed by atoms with E-state index in [1.165, 1.54) is 31.6 Å². The van der Waals surface area contributed by atoms with Crippen LogP contribution in [0.15, 0.2) is 28.7 Å². The lowest BCUT2D eigenvalue weighted by Crippen LogP contribution is -3.13. The molecule has 1 aliphatic rings. The van der Waals surface area contributed by atoms with Gasteiger partial charge in [0.05, 0.1) is 19.6 Å². The number of hydrogen-bond acceptors (Lipinski definition) is 1. The molecule has 1 heterocycles. The summed E-state index contributed by atoms with van der Waals surface area (Å²) in [5.41, 5.74) is 2.23. The van der Waals surface area contributed by atoms with E-state index in [-0.39, 0.29) is 5.91 Å². The first-order valence-corrected chi connectivity index (χ1v) is 8.96. The van der Waals surface area contributed by atoms with Crippen molar-refractivity contribution in [1.29, 1.82) is 0 Å². The zero-order chi connectivity index (χ0) is 15.9. The third-order valence-electron chi connectivity index (χ3n) is 4.21. The summed E-state index contributed by atoms with van der Waals surface area (Å²) in [5.74, 6) is 0.0106. The highest BCUT2D eigenvalue weighted by Gasteiger charge is 2.21. The summed E-state index contributed by atoms with van der Waals surface area (Å²) in [4.78, 5) is 13.7. The fourth-order valence-corrected chi connectivity index (χ4v) is 3.58. The van der Waals surface area contributed by atoms with Gasteiger partial charge in [-0.05, 0) is 36.6 Å². The van der Waals surface area contributed by atoms with Crippen LogP contribution in [0, 0.1) is 6.92 Å². The molecule has 120 valence electrons. The standard InChI is InChI=1S/C18H25BrN2O/c1-3-10-21-11-8-16(9-12-21)20-18(22)7-6-15-5-4-14(2)13-17(15)19/h4-7,13,16H,3,8-12H2,1-2H3,(H,20,22)/p+1/b7-6+. The van der Waals surface area contributed by atoms with E-state index in [9.17, 15) is 4.79 Å². The maximum atomic E-state index is 12.1. The first-order valence-electron chi connectivity index (χ1n) is 8.16. The van der Waals surface area contributed by atoms with Gasteiger partial charge in [0.1, 0.15) is 0 Å². The fraction of sp³-hybridized carbons (Fsp3) is 0.500. The molecule has 0 aromatic heterocycles. The van der Waals surface area contributed by atoms with E-state index in [1.54, 1.807) is 11.0 Å². The van der Waals surface area contributed by atoms with Crippen molar-refractivity contribution in [2.24, 2.45) is 0 Å². The Kier molecular flexibility index (Phi) is 6.65. The molecule has 0 radical (unpaired) electrons. The molecule has 22 heavy (non-hydrogen) atoms. The number of amides is 1. The largest absolute Gasteiger partial charge is 0.349 e. The van der Waals surface area contributed by atoms with Gasteiger partial charge in [0.2, 0.25) is 5.91 Å². The molecule has 0 bridgehead atoms. The Labute approximate surface area is 141 Å². The lowest BCUT2D eigenvalue weighted by molar-refractivity contribution is -0.905. The lowest BCUT2D eigenvalue weighted by atomic mass is 10.0. The van der Waals surface area contributed by atoms with Crippen LogP contribution in [0.5, 0.6) is 0 Å². The van der Waals surface area contributed by atoms with Gasteiger partial charge < -0.3 is 10.2 Å². The number of likely N-dealkylation sites (tertiary alicyclic amines) is 1. The molecule has 0 aliphatic carbocycles. The Morgan fingerprint density at radius 3 is 2.77 bits per heavy atom. The van der Waals surface area contributed by atoms with Gasteiger partial charge in [-0.25, -0.2) is 0 Å². The molecule has 1 amide bonds. The van der Waals surface area contributed by atoms with Crippen molar-refractivity contribution in [2.45, 2.75) is 39.2 Å². The van der Waals surface area contributed by atoms with Gasteiger partial charge in [-0.3, -0.25) is 4.79 Å². The molecule has 0 atom stereocenters. The van der Waals surface area contributed by atoms with Crippen LogP contribution < -0.4 is 10.2 Å². The molecule has 2 rings (SSSR count). The van der Waals surface area contributed by atoms with Gasteiger partial charge in [0, 0.05) is 29.4 Å². The van der Waals surface area contributed by atoms with Gasteiger partial charge >= 0.3 is 0 Å². The summed E-state index contributed by atoms with van der Waals surface area (Å²) in [7, 11) is 0. The quantitative estimate of drug-likeness (QED) is 0.771. The summed E-state index contributed by atoms with van der Waals surface area (Å²) < 4.78 is 1.02. The van der Waals surface area contributed by atoms with Crippen LogP contribution in [-0.2, 0) is 4.79 Å². The molecule has 3 nitrogen and oxygen atoms in total. The maximum Gasteiger partial charge on any atom is 0.244 e. The van der Waals surface area contributed by atoms with Crippen LogP contribution in [0.4, 0.5) is 0 Å². The van der Waals surface area contributed by atoms with Crippen molar-refractivity contribution >= 4 is 27.9 Å². The van der Waals surface area contributed by atoms with Crippen molar-refractivity contribution in [1.82, 2.24) is 5.32 Å². The van der Waals surface area contributed by atoms with Crippen molar-refractivity contribution < 1.29 is 9.69 Å². The van der Waals surface area contributed by atoms with Crippen LogP contribution in [-0.4, -0.2) is 31.6 Å². The van der Waals surface area contributed by atoms with Crippen molar-refractivity contribution in [2.75, 3.05) is 19.6 Å².